The Morgan fingerprint density at radius 3 is 0.889 bits per heavy atom. The van der Waals surface area contributed by atoms with Crippen LogP contribution < -0.4 is 0 Å². The molecule has 0 atom stereocenters. The van der Waals surface area contributed by atoms with Gasteiger partial charge in [0.2, 0.25) is 0 Å². The maximum atomic E-state index is 8.25. The zero-order valence-corrected chi connectivity index (χ0v) is 6.63. The quantitative estimate of drug-likeness (QED) is 0.305. The van der Waals surface area contributed by atoms with E-state index in [0.717, 1.165) is 0 Å². The molecule has 60 valence electrons. The molecule has 0 aliphatic heterocycles. The minimum atomic E-state index is -1.75. The van der Waals surface area contributed by atoms with Gasteiger partial charge in [-0.05, 0) is 0 Å². The molecule has 0 saturated heterocycles. The van der Waals surface area contributed by atoms with Crippen LogP contribution in [0.2, 0.25) is 0 Å². The number of hydrogen-bond donors (Lipinski definition) is 0. The first-order chi connectivity index (χ1) is 1.73. The Labute approximate surface area is 68.9 Å². The number of hydrogen-bond acceptors (Lipinski definition) is 3. The Hall–Kier alpha value is -0.0769. The van der Waals surface area contributed by atoms with E-state index in [-0.39, 0.29) is 48.1 Å². The average Bonchev–Trinajstić information content (AvgIpc) is 0.811. The van der Waals surface area contributed by atoms with E-state index in [2.05, 4.69) is 0 Å². The molecule has 0 spiro atoms. The van der Waals surface area contributed by atoms with Gasteiger partial charge in [-0.3, -0.25) is 0 Å². The molecule has 0 bridgehead atoms. The molecule has 8 N–H and O–H groups in total. The van der Waals surface area contributed by atoms with Gasteiger partial charge in [0.15, 0.2) is 0 Å². The molecule has 0 saturated carbocycles. The summed E-state index contributed by atoms with van der Waals surface area (Å²) >= 11 is 0. The van der Waals surface area contributed by atoms with E-state index in [0.29, 0.717) is 0 Å². The van der Waals surface area contributed by atoms with E-state index < -0.39 is 5.09 Å². The van der Waals surface area contributed by atoms with Gasteiger partial charge in [-0.1, -0.05) is 0 Å². The van der Waals surface area contributed by atoms with Crippen molar-refractivity contribution in [3.63, 3.8) is 0 Å². The fourth-order valence-corrected chi connectivity index (χ4v) is 0. The molecule has 0 aromatic heterocycles. The van der Waals surface area contributed by atoms with Gasteiger partial charge in [0.25, 0.3) is 0 Å². The van der Waals surface area contributed by atoms with E-state index >= 15 is 0 Å². The van der Waals surface area contributed by atoms with Crippen LogP contribution in [0.25, 0.3) is 0 Å². The second-order valence-electron chi connectivity index (χ2n) is 0.224. The average molecular weight is 225 g/mol. The van der Waals surface area contributed by atoms with Crippen molar-refractivity contribution in [2.24, 2.45) is 0 Å². The van der Waals surface area contributed by atoms with Crippen LogP contribution in [0.3, 0.4) is 0 Å². The predicted octanol–water partition coefficient (Wildman–Crippen LogP) is -3.54. The third-order valence-corrected chi connectivity index (χ3v) is 0. The molecule has 0 aromatic carbocycles. The Morgan fingerprint density at radius 1 is 0.889 bits per heavy atom. The summed E-state index contributed by atoms with van der Waals surface area (Å²) in [5.41, 5.74) is 0. The Kier molecular flexibility index (Phi) is 324. The van der Waals surface area contributed by atoms with Crippen molar-refractivity contribution in [2.45, 2.75) is 0 Å². The molecule has 0 amide bonds. The van der Waals surface area contributed by atoms with Gasteiger partial charge < -0.3 is 37.2 Å². The number of rotatable bonds is 0. The maximum Gasteiger partial charge on any atom is 0.0689 e. The van der Waals surface area contributed by atoms with E-state index in [4.69, 9.17) is 15.3 Å². The van der Waals surface area contributed by atoms with Crippen LogP contribution in [0.15, 0.2) is 0 Å². The molecule has 0 aliphatic carbocycles. The van der Waals surface area contributed by atoms with Crippen molar-refractivity contribution in [2.75, 3.05) is 0 Å². The topological polar surface area (TPSA) is 192 Å². The van der Waals surface area contributed by atoms with Gasteiger partial charge in [-0.25, -0.2) is 0 Å². The molecule has 9 heteroatoms. The Bertz CT molecular complexity index is 31.9. The SMILES string of the molecule is O.O.O.O.O=[N+]([O-])[O-].[Zr]. The van der Waals surface area contributed by atoms with Crippen molar-refractivity contribution in [1.82, 2.24) is 0 Å². The second kappa shape index (κ2) is 44.4. The largest absolute Gasteiger partial charge is 0.412 e. The van der Waals surface area contributed by atoms with Gasteiger partial charge in [0.05, 0.1) is 5.09 Å². The van der Waals surface area contributed by atoms with Crippen LogP contribution in [0.1, 0.15) is 0 Å². The summed E-state index contributed by atoms with van der Waals surface area (Å²) in [5, 5.41) is 14.8. The zero-order valence-electron chi connectivity index (χ0n) is 4.17. The van der Waals surface area contributed by atoms with Gasteiger partial charge in [0, 0.05) is 26.2 Å². The summed E-state index contributed by atoms with van der Waals surface area (Å²) in [4.78, 5) is 8.25. The number of nitrogens with zero attached hydrogens (tertiary/aromatic N) is 1. The van der Waals surface area contributed by atoms with E-state index in [9.17, 15) is 0 Å². The first-order valence-corrected chi connectivity index (χ1v) is 0.548. The summed E-state index contributed by atoms with van der Waals surface area (Å²) in [5.74, 6) is 0. The van der Waals surface area contributed by atoms with Gasteiger partial charge in [-0.2, -0.15) is 0 Å². The molecule has 0 unspecified atom stereocenters. The van der Waals surface area contributed by atoms with Crippen LogP contribution in [0.5, 0.6) is 0 Å². The van der Waals surface area contributed by atoms with Crippen molar-refractivity contribution < 1.29 is 53.2 Å². The summed E-state index contributed by atoms with van der Waals surface area (Å²) < 4.78 is 0. The molecule has 0 aromatic rings. The second-order valence-corrected chi connectivity index (χ2v) is 0.224. The van der Waals surface area contributed by atoms with Crippen molar-refractivity contribution >= 4 is 0 Å². The maximum absolute atomic E-state index is 8.25. The van der Waals surface area contributed by atoms with E-state index in [1.54, 1.807) is 0 Å². The molecule has 9 heavy (non-hydrogen) atoms. The third-order valence-electron chi connectivity index (χ3n) is 0. The molecule has 0 heterocycles. The van der Waals surface area contributed by atoms with E-state index in [1.165, 1.54) is 0 Å². The normalized spacial score (nSPS) is 2.67. The fraction of sp³-hybridized carbons (Fsp3) is 0. The minimum absolute atomic E-state index is 0. The Morgan fingerprint density at radius 2 is 0.889 bits per heavy atom. The van der Waals surface area contributed by atoms with Crippen molar-refractivity contribution in [1.29, 1.82) is 0 Å². The van der Waals surface area contributed by atoms with Crippen LogP contribution in [-0.4, -0.2) is 27.0 Å². The molecule has 0 rings (SSSR count). The van der Waals surface area contributed by atoms with Gasteiger partial charge in [-0.15, -0.1) is 0 Å². The van der Waals surface area contributed by atoms with Crippen LogP contribution in [0, 0.1) is 15.3 Å². The fourth-order valence-electron chi connectivity index (χ4n) is 0. The van der Waals surface area contributed by atoms with Crippen LogP contribution in [-0.2, 0) is 26.2 Å². The predicted molar refractivity (Wildman–Crippen MR) is 24.8 cm³/mol. The summed E-state index contributed by atoms with van der Waals surface area (Å²) in [6.45, 7) is 0. The van der Waals surface area contributed by atoms with Crippen LogP contribution in [0.4, 0.5) is 0 Å². The summed E-state index contributed by atoms with van der Waals surface area (Å²) in [6.07, 6.45) is 0. The zero-order chi connectivity index (χ0) is 3.58. The first kappa shape index (κ1) is 65.6. The van der Waals surface area contributed by atoms with Gasteiger partial charge in [0.1, 0.15) is 0 Å². The van der Waals surface area contributed by atoms with Gasteiger partial charge >= 0.3 is 0 Å². The minimum Gasteiger partial charge on any atom is -0.412 e. The molecule has 0 radical (unpaired) electrons. The Balaban J connectivity index is -0.00000000450. The standard InChI is InChI=1S/NO3.4H2O.Zr/c2-1(3)4;;;;;/h;4*1H2;/q-1;;;;;. The molecular weight excluding hydrogens is 217 g/mol. The van der Waals surface area contributed by atoms with Crippen molar-refractivity contribution in [3.05, 3.63) is 15.3 Å². The molecule has 0 aliphatic rings. The third kappa shape index (κ3) is 47000. The van der Waals surface area contributed by atoms with Crippen molar-refractivity contribution in [3.8, 4) is 0 Å². The molecular formula is H8NO7Zr-. The molecule has 8 nitrogen and oxygen atoms in total. The smallest absolute Gasteiger partial charge is 0.0689 e. The summed E-state index contributed by atoms with van der Waals surface area (Å²) in [6, 6.07) is 0. The molecule has 0 fully saturated rings. The monoisotopic (exact) mass is 224 g/mol. The first-order valence-electron chi connectivity index (χ1n) is 0.548. The van der Waals surface area contributed by atoms with E-state index in [1.807, 2.05) is 0 Å². The van der Waals surface area contributed by atoms with Crippen LogP contribution >= 0.6 is 0 Å². The summed E-state index contributed by atoms with van der Waals surface area (Å²) in [7, 11) is 0.